The van der Waals surface area contributed by atoms with E-state index in [0.717, 1.165) is 33.4 Å². The van der Waals surface area contributed by atoms with Crippen LogP contribution < -0.4 is 0 Å². The number of benzene rings is 4. The first kappa shape index (κ1) is 24.6. The molecule has 0 heterocycles. The fourth-order valence-electron chi connectivity index (χ4n) is 8.10. The van der Waals surface area contributed by atoms with Gasteiger partial charge in [0.1, 0.15) is 5.78 Å². The summed E-state index contributed by atoms with van der Waals surface area (Å²) in [5.41, 5.74) is 3.11. The quantitative estimate of drug-likeness (QED) is 0.257. The number of carbonyl (C=O) groups is 2. The van der Waals surface area contributed by atoms with Crippen LogP contribution in [-0.2, 0) is 15.0 Å². The van der Waals surface area contributed by atoms with E-state index < -0.39 is 28.1 Å². The highest BCUT2D eigenvalue weighted by atomic mass is 35.5. The van der Waals surface area contributed by atoms with Crippen LogP contribution in [0.3, 0.4) is 0 Å². The van der Waals surface area contributed by atoms with E-state index in [1.165, 1.54) is 0 Å². The average molecular weight is 549 g/mol. The lowest BCUT2D eigenvalue weighted by Gasteiger charge is -2.53. The predicted molar refractivity (Wildman–Crippen MR) is 157 cm³/mol. The minimum atomic E-state index is -0.935. The van der Waals surface area contributed by atoms with Crippen LogP contribution in [0.4, 0.5) is 0 Å². The van der Waals surface area contributed by atoms with Gasteiger partial charge in [-0.3, -0.25) is 9.59 Å². The minimum Gasteiger partial charge on any atom is -0.299 e. The summed E-state index contributed by atoms with van der Waals surface area (Å²) in [6.45, 7) is 3.98. The van der Waals surface area contributed by atoms with Crippen LogP contribution in [0.15, 0.2) is 109 Å². The van der Waals surface area contributed by atoms with Crippen LogP contribution >= 0.6 is 23.2 Å². The predicted octanol–water partition coefficient (Wildman–Crippen LogP) is 8.31. The number of ketones is 2. The Balaban J connectivity index is 1.49. The Morgan fingerprint density at radius 1 is 0.615 bits per heavy atom. The van der Waals surface area contributed by atoms with Crippen LogP contribution in [0.2, 0.25) is 10.0 Å². The second kappa shape index (κ2) is 8.27. The van der Waals surface area contributed by atoms with E-state index in [1.54, 1.807) is 0 Å². The SMILES string of the molecule is C[C@@]12C(=O)[C@]3(C)[C@H](C(=O)C1C(c1ccccc1)=C2c1ccccc1)C3(c1ccc(Cl)cc1)c1ccc(Cl)cc1. The van der Waals surface area contributed by atoms with E-state index in [1.807, 2.05) is 123 Å². The number of halogens is 2. The van der Waals surface area contributed by atoms with Crippen LogP contribution in [0, 0.1) is 22.7 Å². The molecule has 3 aliphatic carbocycles. The van der Waals surface area contributed by atoms with Crippen molar-refractivity contribution in [2.75, 3.05) is 0 Å². The van der Waals surface area contributed by atoms with E-state index in [-0.39, 0.29) is 11.6 Å². The van der Waals surface area contributed by atoms with Gasteiger partial charge in [-0.2, -0.15) is 0 Å². The molecule has 39 heavy (non-hydrogen) atoms. The van der Waals surface area contributed by atoms with Gasteiger partial charge < -0.3 is 0 Å². The molecule has 0 bridgehead atoms. The molecule has 0 aliphatic heterocycles. The highest BCUT2D eigenvalue weighted by Gasteiger charge is 2.88. The van der Waals surface area contributed by atoms with Crippen molar-refractivity contribution in [1.82, 2.24) is 0 Å². The lowest BCUT2D eigenvalue weighted by atomic mass is 9.46. The van der Waals surface area contributed by atoms with E-state index in [0.29, 0.717) is 10.0 Å². The van der Waals surface area contributed by atoms with Crippen molar-refractivity contribution in [3.05, 3.63) is 141 Å². The van der Waals surface area contributed by atoms with Crippen molar-refractivity contribution in [3.8, 4) is 0 Å². The van der Waals surface area contributed by atoms with E-state index in [4.69, 9.17) is 23.2 Å². The molecule has 3 aliphatic rings. The zero-order valence-electron chi connectivity index (χ0n) is 21.6. The lowest BCUT2D eigenvalue weighted by molar-refractivity contribution is -0.144. The number of Topliss-reactive ketones (excluding diaryl/α,β-unsaturated/α-hetero) is 2. The molecule has 192 valence electrons. The largest absolute Gasteiger partial charge is 0.299 e. The van der Waals surface area contributed by atoms with Crippen molar-refractivity contribution in [2.24, 2.45) is 22.7 Å². The summed E-state index contributed by atoms with van der Waals surface area (Å²) in [6, 6.07) is 35.3. The van der Waals surface area contributed by atoms with Crippen molar-refractivity contribution in [1.29, 1.82) is 0 Å². The first-order valence-corrected chi connectivity index (χ1v) is 14.0. The van der Waals surface area contributed by atoms with Crippen LogP contribution in [0.1, 0.15) is 36.1 Å². The summed E-state index contributed by atoms with van der Waals surface area (Å²) in [7, 11) is 0. The fourth-order valence-corrected chi connectivity index (χ4v) is 8.35. The van der Waals surface area contributed by atoms with Crippen molar-refractivity contribution in [3.63, 3.8) is 0 Å². The van der Waals surface area contributed by atoms with E-state index in [9.17, 15) is 4.79 Å². The molecule has 7 rings (SSSR count). The maximum absolute atomic E-state index is 15.0. The Hall–Kier alpha value is -3.46. The first-order chi connectivity index (χ1) is 18.8. The Morgan fingerprint density at radius 3 is 1.56 bits per heavy atom. The fraction of sp³-hybridized carbons (Fsp3) is 0.200. The second-order valence-corrected chi connectivity index (χ2v) is 12.2. The third kappa shape index (κ3) is 2.94. The number of rotatable bonds is 4. The summed E-state index contributed by atoms with van der Waals surface area (Å²) in [5.74, 6) is -0.757. The zero-order valence-corrected chi connectivity index (χ0v) is 23.1. The zero-order chi connectivity index (χ0) is 27.2. The number of hydrogen-bond donors (Lipinski definition) is 0. The average Bonchev–Trinajstić information content (AvgIpc) is 3.54. The maximum Gasteiger partial charge on any atom is 0.152 e. The first-order valence-electron chi connectivity index (χ1n) is 13.2. The molecule has 4 aromatic carbocycles. The standard InChI is InChI=1S/C35H26Cl2O2/c1-33-28(22-11-7-4-8-12-22)27(21-9-5-3-6-10-21)29(33)30(38)31-34(2,32(33)39)35(31,23-13-17-25(36)18-14-23)24-15-19-26(37)20-16-24/h3-20,29,31H,1-2H3/t29?,31-,33-,34-/m0/s1. The third-order valence-corrected chi connectivity index (χ3v) is 10.2. The molecule has 0 saturated heterocycles. The molecule has 4 heteroatoms. The van der Waals surface area contributed by atoms with Gasteiger partial charge in [0.2, 0.25) is 0 Å². The molecule has 4 aromatic rings. The Kier molecular flexibility index (Phi) is 5.21. The van der Waals surface area contributed by atoms with Gasteiger partial charge in [0.15, 0.2) is 5.78 Å². The molecular weight excluding hydrogens is 523 g/mol. The normalized spacial score (nSPS) is 28.4. The molecule has 0 spiro atoms. The number of allylic oxidation sites excluding steroid dienone is 2. The van der Waals surface area contributed by atoms with E-state index >= 15 is 4.79 Å². The molecule has 0 aromatic heterocycles. The molecule has 0 radical (unpaired) electrons. The highest BCUT2D eigenvalue weighted by Crippen LogP contribution is 2.82. The molecule has 2 nitrogen and oxygen atoms in total. The van der Waals surface area contributed by atoms with Crippen molar-refractivity contribution >= 4 is 45.9 Å². The van der Waals surface area contributed by atoms with Gasteiger partial charge in [-0.1, -0.05) is 115 Å². The Morgan fingerprint density at radius 2 is 1.08 bits per heavy atom. The molecular formula is C35H26Cl2O2. The van der Waals surface area contributed by atoms with Crippen LogP contribution in [0.5, 0.6) is 0 Å². The van der Waals surface area contributed by atoms with Crippen LogP contribution in [-0.4, -0.2) is 11.6 Å². The molecule has 0 amide bonds. The van der Waals surface area contributed by atoms with Crippen LogP contribution in [0.25, 0.3) is 11.1 Å². The van der Waals surface area contributed by atoms with Gasteiger partial charge in [0.05, 0.1) is 16.7 Å². The van der Waals surface area contributed by atoms with E-state index in [2.05, 4.69) is 0 Å². The van der Waals surface area contributed by atoms with Gasteiger partial charge in [-0.25, -0.2) is 0 Å². The molecule has 2 saturated carbocycles. The summed E-state index contributed by atoms with van der Waals surface area (Å²) in [4.78, 5) is 29.8. The maximum atomic E-state index is 15.0. The van der Waals surface area contributed by atoms with Crippen molar-refractivity contribution in [2.45, 2.75) is 19.3 Å². The van der Waals surface area contributed by atoms with Crippen molar-refractivity contribution < 1.29 is 9.59 Å². The smallest absolute Gasteiger partial charge is 0.152 e. The monoisotopic (exact) mass is 548 g/mol. The molecule has 0 N–H and O–H groups in total. The Labute approximate surface area is 238 Å². The third-order valence-electron chi connectivity index (χ3n) is 9.66. The Bertz CT molecular complexity index is 1630. The number of fused-ring (bicyclic) bond motifs is 2. The number of hydrogen-bond acceptors (Lipinski definition) is 2. The highest BCUT2D eigenvalue weighted by molar-refractivity contribution is 6.31. The molecule has 2 fully saturated rings. The molecule has 4 atom stereocenters. The van der Waals surface area contributed by atoms with Gasteiger partial charge in [0.25, 0.3) is 0 Å². The minimum absolute atomic E-state index is 0.119. The van der Waals surface area contributed by atoms with Gasteiger partial charge in [-0.15, -0.1) is 0 Å². The second-order valence-electron chi connectivity index (χ2n) is 11.3. The van der Waals surface area contributed by atoms with Gasteiger partial charge >= 0.3 is 0 Å². The lowest BCUT2D eigenvalue weighted by Crippen LogP contribution is -2.56. The summed E-state index contributed by atoms with van der Waals surface area (Å²) < 4.78 is 0. The summed E-state index contributed by atoms with van der Waals surface area (Å²) >= 11 is 12.6. The number of carbonyl (C=O) groups excluding carboxylic acids is 2. The summed E-state index contributed by atoms with van der Waals surface area (Å²) in [6.07, 6.45) is 0. The topological polar surface area (TPSA) is 34.1 Å². The van der Waals surface area contributed by atoms with Gasteiger partial charge in [-0.05, 0) is 64.6 Å². The van der Waals surface area contributed by atoms with Gasteiger partial charge in [0, 0.05) is 21.4 Å². The summed E-state index contributed by atoms with van der Waals surface area (Å²) in [5, 5.41) is 1.23. The molecule has 1 unspecified atom stereocenters.